The van der Waals surface area contributed by atoms with Crippen molar-refractivity contribution in [3.8, 4) is 6.07 Å². The van der Waals surface area contributed by atoms with Crippen molar-refractivity contribution in [2.45, 2.75) is 43.3 Å². The molecule has 33 heavy (non-hydrogen) atoms. The first kappa shape index (κ1) is 23.5. The van der Waals surface area contributed by atoms with E-state index in [1.807, 2.05) is 37.3 Å². The maximum absolute atomic E-state index is 13.0. The number of amides is 1. The molecule has 0 radical (unpaired) electrons. The van der Waals surface area contributed by atoms with Crippen molar-refractivity contribution in [3.63, 3.8) is 0 Å². The van der Waals surface area contributed by atoms with E-state index in [1.165, 1.54) is 16.6 Å². The number of para-hydroxylation sites is 1. The number of hydrogen-bond acceptors (Lipinski definition) is 6. The van der Waals surface area contributed by atoms with Gasteiger partial charge in [-0.3, -0.25) is 9.79 Å². The summed E-state index contributed by atoms with van der Waals surface area (Å²) in [6, 6.07) is 13.6. The summed E-state index contributed by atoms with van der Waals surface area (Å²) in [7, 11) is 0. The third-order valence-corrected chi connectivity index (χ3v) is 8.18. The molecule has 0 bridgehead atoms. The molecular formula is C25H23ClN4OS2. The Kier molecular flexibility index (Phi) is 7.49. The first-order valence-electron chi connectivity index (χ1n) is 10.7. The number of hydrogen-bond donors (Lipinski definition) is 1. The van der Waals surface area contributed by atoms with Gasteiger partial charge in [0.25, 0.3) is 0 Å². The maximum atomic E-state index is 13.0. The average Bonchev–Trinajstić information content (AvgIpc) is 3.15. The highest BCUT2D eigenvalue weighted by Gasteiger charge is 2.26. The van der Waals surface area contributed by atoms with Crippen LogP contribution in [-0.4, -0.2) is 22.4 Å². The Morgan fingerprint density at radius 1 is 1.39 bits per heavy atom. The lowest BCUT2D eigenvalue weighted by Crippen LogP contribution is -2.22. The summed E-state index contributed by atoms with van der Waals surface area (Å²) in [6.07, 6.45) is 6.27. The number of halogens is 1. The second-order valence-electron chi connectivity index (χ2n) is 8.03. The number of fused-ring (bicyclic) bond motifs is 1. The first-order chi connectivity index (χ1) is 16.0. The van der Waals surface area contributed by atoms with Crippen LogP contribution < -0.4 is 5.32 Å². The minimum Gasteiger partial charge on any atom is -0.316 e. The van der Waals surface area contributed by atoms with Gasteiger partial charge in [0.15, 0.2) is 0 Å². The van der Waals surface area contributed by atoms with Crippen molar-refractivity contribution in [2.24, 2.45) is 10.9 Å². The van der Waals surface area contributed by atoms with E-state index >= 15 is 0 Å². The van der Waals surface area contributed by atoms with E-state index in [0.717, 1.165) is 41.0 Å². The van der Waals surface area contributed by atoms with Crippen molar-refractivity contribution in [1.82, 2.24) is 4.98 Å². The van der Waals surface area contributed by atoms with Crippen molar-refractivity contribution in [2.75, 3.05) is 5.32 Å². The number of aromatic nitrogens is 1. The Hall–Kier alpha value is -2.66. The van der Waals surface area contributed by atoms with Crippen LogP contribution in [0.2, 0.25) is 5.15 Å². The highest BCUT2D eigenvalue weighted by molar-refractivity contribution is 8.00. The normalized spacial score (nSPS) is 16.2. The molecule has 1 amide bonds. The predicted octanol–water partition coefficient (Wildman–Crippen LogP) is 6.66. The molecule has 2 heterocycles. The number of thioether (sulfide) groups is 1. The number of nitrogens with one attached hydrogen (secondary N) is 1. The van der Waals surface area contributed by atoms with Crippen LogP contribution in [0.25, 0.3) is 0 Å². The number of aliphatic imine (C=N–C) groups is 1. The number of carbonyl (C=O) groups is 1. The summed E-state index contributed by atoms with van der Waals surface area (Å²) < 4.78 is 0. The van der Waals surface area contributed by atoms with Crippen molar-refractivity contribution in [3.05, 3.63) is 69.3 Å². The van der Waals surface area contributed by atoms with E-state index < -0.39 is 0 Å². The minimum absolute atomic E-state index is 0.128. The lowest BCUT2D eigenvalue weighted by atomic mass is 9.89. The Labute approximate surface area is 206 Å². The molecule has 0 aliphatic heterocycles. The summed E-state index contributed by atoms with van der Waals surface area (Å²) in [5, 5.41) is 13.4. The van der Waals surface area contributed by atoms with Gasteiger partial charge in [-0.05, 0) is 61.9 Å². The summed E-state index contributed by atoms with van der Waals surface area (Å²) in [4.78, 5) is 23.7. The molecule has 168 valence electrons. The van der Waals surface area contributed by atoms with Crippen molar-refractivity contribution >= 4 is 57.5 Å². The zero-order valence-corrected chi connectivity index (χ0v) is 20.7. The Balaban J connectivity index is 1.48. The first-order valence-corrected chi connectivity index (χ1v) is 12.8. The number of nitriles is 1. The molecule has 2 atom stereocenters. The van der Waals surface area contributed by atoms with E-state index in [-0.39, 0.29) is 11.2 Å². The van der Waals surface area contributed by atoms with Gasteiger partial charge in [0.2, 0.25) is 5.91 Å². The highest BCUT2D eigenvalue weighted by atomic mass is 35.5. The summed E-state index contributed by atoms with van der Waals surface area (Å²) in [5.41, 5.74) is 3.22. The highest BCUT2D eigenvalue weighted by Crippen LogP contribution is 2.40. The van der Waals surface area contributed by atoms with E-state index in [2.05, 4.69) is 28.3 Å². The lowest BCUT2D eigenvalue weighted by Gasteiger charge is -2.17. The number of nitrogens with zero attached hydrogens (tertiary/aromatic N) is 3. The van der Waals surface area contributed by atoms with E-state index in [1.54, 1.807) is 29.8 Å². The van der Waals surface area contributed by atoms with Crippen LogP contribution in [0.3, 0.4) is 0 Å². The summed E-state index contributed by atoms with van der Waals surface area (Å²) in [6.45, 7) is 4.09. The molecule has 5 nitrogen and oxygen atoms in total. The van der Waals surface area contributed by atoms with E-state index in [9.17, 15) is 10.1 Å². The second-order valence-corrected chi connectivity index (χ2v) is 10.9. The Morgan fingerprint density at radius 3 is 3.00 bits per heavy atom. The van der Waals surface area contributed by atoms with Crippen LogP contribution in [0, 0.1) is 17.2 Å². The summed E-state index contributed by atoms with van der Waals surface area (Å²) >= 11 is 9.10. The molecule has 0 fully saturated rings. The van der Waals surface area contributed by atoms with Gasteiger partial charge in [0.05, 0.1) is 16.5 Å². The fourth-order valence-corrected chi connectivity index (χ4v) is 6.19. The molecule has 1 aromatic carbocycles. The number of benzene rings is 1. The number of thiophene rings is 1. The molecule has 4 rings (SSSR count). The summed E-state index contributed by atoms with van der Waals surface area (Å²) in [5.74, 6) is 0.483. The van der Waals surface area contributed by atoms with Crippen LogP contribution in [0.1, 0.15) is 41.8 Å². The topological polar surface area (TPSA) is 78.1 Å². The molecule has 3 aromatic rings. The number of rotatable bonds is 6. The van der Waals surface area contributed by atoms with Gasteiger partial charge < -0.3 is 5.32 Å². The lowest BCUT2D eigenvalue weighted by molar-refractivity contribution is -0.115. The van der Waals surface area contributed by atoms with Crippen molar-refractivity contribution < 1.29 is 4.79 Å². The van der Waals surface area contributed by atoms with Gasteiger partial charge in [0, 0.05) is 27.7 Å². The quantitative estimate of drug-likeness (QED) is 0.236. The average molecular weight is 495 g/mol. The number of anilines is 1. The van der Waals surface area contributed by atoms with E-state index in [4.69, 9.17) is 11.6 Å². The molecule has 0 spiro atoms. The third-order valence-electron chi connectivity index (χ3n) is 5.53. The maximum Gasteiger partial charge on any atom is 0.238 e. The monoisotopic (exact) mass is 494 g/mol. The van der Waals surface area contributed by atoms with Gasteiger partial charge in [-0.1, -0.05) is 30.7 Å². The third kappa shape index (κ3) is 5.47. The molecular weight excluding hydrogens is 472 g/mol. The molecule has 8 heteroatoms. The SMILES string of the molecule is C[C@H]1CCc2c(sc(NC(=O)[C@H](C)Sc3ccccc3N=Cc3cccnc3Cl)c2C#N)C1. The van der Waals surface area contributed by atoms with Crippen LogP contribution in [0.5, 0.6) is 0 Å². The smallest absolute Gasteiger partial charge is 0.238 e. The second kappa shape index (κ2) is 10.5. The number of carbonyl (C=O) groups excluding carboxylic acids is 1. The molecule has 0 saturated carbocycles. The standard InChI is InChI=1S/C25H23ClN4OS2/c1-15-9-10-18-19(13-27)25(33-22(18)12-15)30-24(31)16(2)32-21-8-4-3-7-20(21)29-14-17-6-5-11-28-23(17)26/h3-8,11,14-16H,9-10,12H2,1-2H3,(H,30,31)/t15-,16-/m0/s1. The number of pyridine rings is 1. The van der Waals surface area contributed by atoms with Crippen LogP contribution in [-0.2, 0) is 17.6 Å². The fourth-order valence-electron chi connectivity index (χ4n) is 3.71. The molecule has 0 unspecified atom stereocenters. The van der Waals surface area contributed by atoms with Gasteiger partial charge in [-0.25, -0.2) is 4.98 Å². The zero-order chi connectivity index (χ0) is 23.4. The molecule has 1 aliphatic carbocycles. The molecule has 1 aliphatic rings. The predicted molar refractivity (Wildman–Crippen MR) is 137 cm³/mol. The zero-order valence-electron chi connectivity index (χ0n) is 18.3. The van der Waals surface area contributed by atoms with Crippen LogP contribution >= 0.6 is 34.7 Å². The fraction of sp³-hybridized carbons (Fsp3) is 0.280. The van der Waals surface area contributed by atoms with Gasteiger partial charge in [0.1, 0.15) is 16.2 Å². The minimum atomic E-state index is -0.368. The molecule has 0 saturated heterocycles. The largest absolute Gasteiger partial charge is 0.316 e. The van der Waals surface area contributed by atoms with Gasteiger partial charge >= 0.3 is 0 Å². The van der Waals surface area contributed by atoms with E-state index in [0.29, 0.717) is 21.6 Å². The Morgan fingerprint density at radius 2 is 2.21 bits per heavy atom. The van der Waals surface area contributed by atoms with Crippen molar-refractivity contribution in [1.29, 1.82) is 5.26 Å². The molecule has 1 N–H and O–H groups in total. The van der Waals surface area contributed by atoms with Gasteiger partial charge in [-0.15, -0.1) is 23.1 Å². The molecule has 2 aromatic heterocycles. The van der Waals surface area contributed by atoms with Crippen LogP contribution in [0.15, 0.2) is 52.5 Å². The Bertz CT molecular complexity index is 1250. The van der Waals surface area contributed by atoms with Crippen LogP contribution in [0.4, 0.5) is 10.7 Å². The van der Waals surface area contributed by atoms with Gasteiger partial charge in [-0.2, -0.15) is 5.26 Å².